The Morgan fingerprint density at radius 1 is 1.18 bits per heavy atom. The normalized spacial score (nSPS) is 10.4. The molecule has 4 rings (SSSR count). The molecule has 0 bridgehead atoms. The SMILES string of the molecule is COc1ccc(Cn2cc(-c3nc(Oc4ccccn4)sc3C#N)cn2)cc1. The van der Waals surface area contributed by atoms with Crippen LogP contribution in [-0.4, -0.2) is 26.9 Å². The van der Waals surface area contributed by atoms with Crippen LogP contribution in [-0.2, 0) is 6.54 Å². The molecule has 0 saturated carbocycles. The Morgan fingerprint density at radius 3 is 2.75 bits per heavy atom. The zero-order valence-corrected chi connectivity index (χ0v) is 15.8. The Hall–Kier alpha value is -3.70. The van der Waals surface area contributed by atoms with Gasteiger partial charge < -0.3 is 9.47 Å². The van der Waals surface area contributed by atoms with E-state index in [1.54, 1.807) is 36.3 Å². The summed E-state index contributed by atoms with van der Waals surface area (Å²) < 4.78 is 12.6. The van der Waals surface area contributed by atoms with Crippen LogP contribution in [0.1, 0.15) is 10.4 Å². The van der Waals surface area contributed by atoms with E-state index < -0.39 is 0 Å². The molecule has 3 aromatic heterocycles. The summed E-state index contributed by atoms with van der Waals surface area (Å²) >= 11 is 1.18. The van der Waals surface area contributed by atoms with Crippen LogP contribution in [0, 0.1) is 11.3 Å². The summed E-state index contributed by atoms with van der Waals surface area (Å²) in [5.41, 5.74) is 2.41. The van der Waals surface area contributed by atoms with Crippen LogP contribution in [0.2, 0.25) is 0 Å². The molecule has 0 unspecified atom stereocenters. The Balaban J connectivity index is 1.55. The molecule has 0 aliphatic heterocycles. The Morgan fingerprint density at radius 2 is 2.04 bits per heavy atom. The summed E-state index contributed by atoms with van der Waals surface area (Å²) in [6.07, 6.45) is 5.20. The van der Waals surface area contributed by atoms with Crippen LogP contribution in [0.4, 0.5) is 0 Å². The summed E-state index contributed by atoms with van der Waals surface area (Å²) in [7, 11) is 1.64. The lowest BCUT2D eigenvalue weighted by molar-refractivity contribution is 0.414. The molecule has 0 atom stereocenters. The second kappa shape index (κ2) is 7.90. The molecular weight excluding hydrogens is 374 g/mol. The highest BCUT2D eigenvalue weighted by Gasteiger charge is 2.16. The number of nitriles is 1. The highest BCUT2D eigenvalue weighted by atomic mass is 32.1. The molecule has 8 heteroatoms. The van der Waals surface area contributed by atoms with Crippen molar-refractivity contribution in [3.05, 3.63) is 71.5 Å². The van der Waals surface area contributed by atoms with Crippen molar-refractivity contribution in [3.8, 4) is 34.1 Å². The molecule has 0 fully saturated rings. The van der Waals surface area contributed by atoms with Gasteiger partial charge in [0.05, 0.1) is 19.9 Å². The number of hydrogen-bond donors (Lipinski definition) is 0. The summed E-state index contributed by atoms with van der Waals surface area (Å²) in [6.45, 7) is 0.604. The van der Waals surface area contributed by atoms with Crippen molar-refractivity contribution >= 4 is 11.3 Å². The lowest BCUT2D eigenvalue weighted by Crippen LogP contribution is -1.99. The summed E-state index contributed by atoms with van der Waals surface area (Å²) in [5.74, 6) is 1.24. The van der Waals surface area contributed by atoms with Gasteiger partial charge in [0.15, 0.2) is 0 Å². The molecule has 0 radical (unpaired) electrons. The van der Waals surface area contributed by atoms with Gasteiger partial charge in [-0.05, 0) is 23.8 Å². The van der Waals surface area contributed by atoms with E-state index in [1.807, 2.05) is 36.5 Å². The van der Waals surface area contributed by atoms with Gasteiger partial charge in [0.25, 0.3) is 5.19 Å². The maximum absolute atomic E-state index is 9.46. The number of methoxy groups -OCH3 is 1. The number of benzene rings is 1. The summed E-state index contributed by atoms with van der Waals surface area (Å²) in [5, 5.41) is 14.2. The van der Waals surface area contributed by atoms with E-state index in [4.69, 9.17) is 9.47 Å². The lowest BCUT2D eigenvalue weighted by Gasteiger charge is -2.03. The maximum atomic E-state index is 9.46. The first-order chi connectivity index (χ1) is 13.7. The van der Waals surface area contributed by atoms with Gasteiger partial charge in [0, 0.05) is 24.0 Å². The lowest BCUT2D eigenvalue weighted by atomic mass is 10.2. The van der Waals surface area contributed by atoms with Crippen molar-refractivity contribution in [2.24, 2.45) is 0 Å². The molecule has 1 aromatic carbocycles. The average Bonchev–Trinajstić information content (AvgIpc) is 3.36. The monoisotopic (exact) mass is 389 g/mol. The van der Waals surface area contributed by atoms with Gasteiger partial charge in [-0.3, -0.25) is 4.68 Å². The molecule has 0 saturated heterocycles. The minimum atomic E-state index is 0.369. The quantitative estimate of drug-likeness (QED) is 0.493. The fourth-order valence-corrected chi connectivity index (χ4v) is 3.35. The van der Waals surface area contributed by atoms with Crippen LogP contribution >= 0.6 is 11.3 Å². The van der Waals surface area contributed by atoms with Gasteiger partial charge in [-0.2, -0.15) is 10.4 Å². The smallest absolute Gasteiger partial charge is 0.281 e. The van der Waals surface area contributed by atoms with Crippen LogP contribution in [0.5, 0.6) is 16.8 Å². The van der Waals surface area contributed by atoms with E-state index in [1.165, 1.54) is 11.3 Å². The van der Waals surface area contributed by atoms with E-state index in [0.717, 1.165) is 16.9 Å². The first-order valence-electron chi connectivity index (χ1n) is 8.41. The highest BCUT2D eigenvalue weighted by Crippen LogP contribution is 2.33. The molecule has 3 heterocycles. The van der Waals surface area contributed by atoms with Gasteiger partial charge in [0.2, 0.25) is 5.88 Å². The Bertz CT molecular complexity index is 1110. The highest BCUT2D eigenvalue weighted by molar-refractivity contribution is 7.14. The molecule has 7 nitrogen and oxygen atoms in total. The van der Waals surface area contributed by atoms with Crippen molar-refractivity contribution in [1.82, 2.24) is 19.7 Å². The van der Waals surface area contributed by atoms with Gasteiger partial charge in [-0.15, -0.1) is 0 Å². The zero-order valence-electron chi connectivity index (χ0n) is 14.9. The van der Waals surface area contributed by atoms with Gasteiger partial charge in [0.1, 0.15) is 22.4 Å². The predicted octanol–water partition coefficient (Wildman–Crippen LogP) is 4.12. The fraction of sp³-hybridized carbons (Fsp3) is 0.100. The van der Waals surface area contributed by atoms with Crippen molar-refractivity contribution in [2.75, 3.05) is 7.11 Å². The summed E-state index contributed by atoms with van der Waals surface area (Å²) in [4.78, 5) is 9.03. The van der Waals surface area contributed by atoms with E-state index in [-0.39, 0.29) is 0 Å². The number of aromatic nitrogens is 4. The predicted molar refractivity (Wildman–Crippen MR) is 104 cm³/mol. The van der Waals surface area contributed by atoms with Crippen molar-refractivity contribution < 1.29 is 9.47 Å². The van der Waals surface area contributed by atoms with Crippen LogP contribution in [0.25, 0.3) is 11.3 Å². The first-order valence-corrected chi connectivity index (χ1v) is 9.22. The molecule has 28 heavy (non-hydrogen) atoms. The molecule has 0 aliphatic carbocycles. The molecule has 138 valence electrons. The number of ether oxygens (including phenoxy) is 2. The molecule has 0 spiro atoms. The second-order valence-corrected chi connectivity index (χ2v) is 6.78. The fourth-order valence-electron chi connectivity index (χ4n) is 2.60. The minimum Gasteiger partial charge on any atom is -0.497 e. The van der Waals surface area contributed by atoms with Crippen molar-refractivity contribution in [2.45, 2.75) is 6.54 Å². The third-order valence-electron chi connectivity index (χ3n) is 3.95. The Kier molecular flexibility index (Phi) is 4.99. The van der Waals surface area contributed by atoms with Crippen LogP contribution in [0.3, 0.4) is 0 Å². The van der Waals surface area contributed by atoms with Gasteiger partial charge in [-0.1, -0.05) is 29.5 Å². The number of thiazole rings is 1. The van der Waals surface area contributed by atoms with Gasteiger partial charge >= 0.3 is 0 Å². The second-order valence-electron chi connectivity index (χ2n) is 5.81. The Labute approximate surface area is 165 Å². The topological polar surface area (TPSA) is 85.9 Å². The molecule has 0 aliphatic rings. The maximum Gasteiger partial charge on any atom is 0.281 e. The third-order valence-corrected chi connectivity index (χ3v) is 4.79. The van der Waals surface area contributed by atoms with E-state index in [9.17, 15) is 5.26 Å². The molecule has 0 amide bonds. The summed E-state index contributed by atoms with van der Waals surface area (Å²) in [6, 6.07) is 15.3. The number of hydrogen-bond acceptors (Lipinski definition) is 7. The van der Waals surface area contributed by atoms with E-state index in [0.29, 0.717) is 28.2 Å². The number of pyridine rings is 1. The van der Waals surface area contributed by atoms with Crippen LogP contribution < -0.4 is 9.47 Å². The van der Waals surface area contributed by atoms with Crippen molar-refractivity contribution in [1.29, 1.82) is 5.26 Å². The third kappa shape index (κ3) is 3.84. The minimum absolute atomic E-state index is 0.369. The van der Waals surface area contributed by atoms with Crippen LogP contribution in [0.15, 0.2) is 61.1 Å². The molecule has 4 aromatic rings. The standard InChI is InChI=1S/C20H15N5O2S/c1-26-16-7-5-14(6-8-16)12-25-13-15(11-23-25)19-17(10-21)28-20(24-19)27-18-4-2-3-9-22-18/h2-9,11,13H,12H2,1H3. The van der Waals surface area contributed by atoms with E-state index in [2.05, 4.69) is 21.1 Å². The van der Waals surface area contributed by atoms with Crippen molar-refractivity contribution in [3.63, 3.8) is 0 Å². The number of nitrogens with zero attached hydrogens (tertiary/aromatic N) is 5. The van der Waals surface area contributed by atoms with E-state index >= 15 is 0 Å². The largest absolute Gasteiger partial charge is 0.497 e. The number of rotatable bonds is 6. The molecular formula is C20H15N5O2S. The molecule has 0 N–H and O–H groups in total. The zero-order chi connectivity index (χ0) is 19.3. The average molecular weight is 389 g/mol. The first kappa shape index (κ1) is 17.7. The van der Waals surface area contributed by atoms with Gasteiger partial charge in [-0.25, -0.2) is 9.97 Å².